The first-order chi connectivity index (χ1) is 8.78. The van der Waals surface area contributed by atoms with E-state index >= 15 is 0 Å². The Kier molecular flexibility index (Phi) is 5.06. The van der Waals surface area contributed by atoms with E-state index < -0.39 is 0 Å². The molecule has 0 spiro atoms. The van der Waals surface area contributed by atoms with Crippen LogP contribution in [0.3, 0.4) is 0 Å². The van der Waals surface area contributed by atoms with Crippen LogP contribution in [0, 0.1) is 0 Å². The van der Waals surface area contributed by atoms with Gasteiger partial charge in [-0.05, 0) is 13.5 Å². The average molecular weight is 254 g/mol. The van der Waals surface area contributed by atoms with Gasteiger partial charge in [0.15, 0.2) is 0 Å². The van der Waals surface area contributed by atoms with Crippen molar-refractivity contribution < 1.29 is 5.11 Å². The van der Waals surface area contributed by atoms with E-state index in [1.54, 1.807) is 4.68 Å². The van der Waals surface area contributed by atoms with E-state index in [2.05, 4.69) is 32.7 Å². The number of nitrogens with zero attached hydrogens (tertiary/aromatic N) is 5. The number of aryl methyl sites for hydroxylation is 1. The van der Waals surface area contributed by atoms with Crippen molar-refractivity contribution in [2.45, 2.75) is 19.5 Å². The Morgan fingerprint density at radius 1 is 1.33 bits per heavy atom. The largest absolute Gasteiger partial charge is 0.396 e. The van der Waals surface area contributed by atoms with Crippen LogP contribution in [0.1, 0.15) is 12.1 Å². The molecular formula is C11H22N6O. The van der Waals surface area contributed by atoms with Gasteiger partial charge in [-0.3, -0.25) is 4.68 Å². The number of aromatic nitrogens is 3. The second kappa shape index (κ2) is 6.79. The molecule has 0 bridgehead atoms. The third kappa shape index (κ3) is 4.02. The zero-order valence-electron chi connectivity index (χ0n) is 10.9. The Bertz CT molecular complexity index is 347. The Balaban J connectivity index is 1.71. The summed E-state index contributed by atoms with van der Waals surface area (Å²) < 4.78 is 1.78. The van der Waals surface area contributed by atoms with Crippen molar-refractivity contribution >= 4 is 0 Å². The van der Waals surface area contributed by atoms with Crippen molar-refractivity contribution in [2.75, 3.05) is 39.8 Å². The molecule has 1 aromatic rings. The standard InChI is InChI=1S/C11H22N6O/c1-15-4-6-16(7-5-15)12-9-11-10-17(14-13-11)3-2-8-18/h10,12,18H,2-9H2,1H3. The van der Waals surface area contributed by atoms with Crippen molar-refractivity contribution in [1.29, 1.82) is 0 Å². The number of hydrogen-bond acceptors (Lipinski definition) is 6. The third-order valence-corrected chi connectivity index (χ3v) is 3.12. The lowest BCUT2D eigenvalue weighted by Crippen LogP contribution is -2.50. The smallest absolute Gasteiger partial charge is 0.0979 e. The van der Waals surface area contributed by atoms with Gasteiger partial charge < -0.3 is 10.0 Å². The van der Waals surface area contributed by atoms with Gasteiger partial charge in [0.1, 0.15) is 0 Å². The molecule has 0 saturated carbocycles. The molecule has 2 N–H and O–H groups in total. The Labute approximate surface area is 107 Å². The van der Waals surface area contributed by atoms with E-state index in [0.717, 1.165) is 38.4 Å². The number of hydrazine groups is 1. The molecule has 0 unspecified atom stereocenters. The molecule has 0 atom stereocenters. The molecule has 0 aliphatic carbocycles. The minimum Gasteiger partial charge on any atom is -0.396 e. The van der Waals surface area contributed by atoms with E-state index in [9.17, 15) is 0 Å². The fourth-order valence-electron chi connectivity index (χ4n) is 1.92. The highest BCUT2D eigenvalue weighted by Gasteiger charge is 2.13. The van der Waals surface area contributed by atoms with Gasteiger partial charge in [-0.1, -0.05) is 5.21 Å². The predicted molar refractivity (Wildman–Crippen MR) is 67.6 cm³/mol. The summed E-state index contributed by atoms with van der Waals surface area (Å²) >= 11 is 0. The summed E-state index contributed by atoms with van der Waals surface area (Å²) in [5.41, 5.74) is 4.31. The van der Waals surface area contributed by atoms with Crippen LogP contribution in [0.15, 0.2) is 6.20 Å². The number of aliphatic hydroxyl groups is 1. The SMILES string of the molecule is CN1CCN(NCc2cn(CCCO)nn2)CC1. The van der Waals surface area contributed by atoms with Crippen molar-refractivity contribution in [3.8, 4) is 0 Å². The maximum atomic E-state index is 8.74. The topological polar surface area (TPSA) is 69.5 Å². The highest BCUT2D eigenvalue weighted by Crippen LogP contribution is 1.98. The molecule has 0 aromatic carbocycles. The van der Waals surface area contributed by atoms with Gasteiger partial charge in [-0.15, -0.1) is 5.10 Å². The summed E-state index contributed by atoms with van der Waals surface area (Å²) in [6.07, 6.45) is 2.65. The van der Waals surface area contributed by atoms with E-state index in [4.69, 9.17) is 5.11 Å². The predicted octanol–water partition coefficient (Wildman–Crippen LogP) is -1.09. The number of aliphatic hydroxyl groups excluding tert-OH is 1. The molecule has 1 aliphatic rings. The van der Waals surface area contributed by atoms with Crippen molar-refractivity contribution in [2.24, 2.45) is 0 Å². The highest BCUT2D eigenvalue weighted by molar-refractivity contribution is 4.91. The van der Waals surface area contributed by atoms with Crippen molar-refractivity contribution in [1.82, 2.24) is 30.3 Å². The van der Waals surface area contributed by atoms with Crippen LogP contribution in [0.5, 0.6) is 0 Å². The second-order valence-electron chi connectivity index (χ2n) is 4.68. The first-order valence-electron chi connectivity index (χ1n) is 6.45. The van der Waals surface area contributed by atoms with Gasteiger partial charge in [0, 0.05) is 45.5 Å². The van der Waals surface area contributed by atoms with E-state index in [1.807, 2.05) is 6.20 Å². The minimum atomic E-state index is 0.189. The van der Waals surface area contributed by atoms with Crippen LogP contribution < -0.4 is 5.43 Å². The van der Waals surface area contributed by atoms with Crippen LogP contribution in [0.2, 0.25) is 0 Å². The zero-order valence-corrected chi connectivity index (χ0v) is 10.9. The van der Waals surface area contributed by atoms with Crippen LogP contribution in [-0.4, -0.2) is 69.8 Å². The van der Waals surface area contributed by atoms with Gasteiger partial charge in [0.05, 0.1) is 12.2 Å². The fourth-order valence-corrected chi connectivity index (χ4v) is 1.92. The lowest BCUT2D eigenvalue weighted by molar-refractivity contribution is 0.101. The second-order valence-corrected chi connectivity index (χ2v) is 4.68. The number of rotatable bonds is 6. The van der Waals surface area contributed by atoms with Gasteiger partial charge >= 0.3 is 0 Å². The first-order valence-corrected chi connectivity index (χ1v) is 6.45. The molecular weight excluding hydrogens is 232 g/mol. The monoisotopic (exact) mass is 254 g/mol. The molecule has 1 aliphatic heterocycles. The van der Waals surface area contributed by atoms with Crippen LogP contribution in [0.4, 0.5) is 0 Å². The molecule has 1 fully saturated rings. The van der Waals surface area contributed by atoms with Crippen LogP contribution in [-0.2, 0) is 13.1 Å². The summed E-state index contributed by atoms with van der Waals surface area (Å²) in [6, 6.07) is 0. The fraction of sp³-hybridized carbons (Fsp3) is 0.818. The van der Waals surface area contributed by atoms with Crippen molar-refractivity contribution in [3.05, 3.63) is 11.9 Å². The summed E-state index contributed by atoms with van der Waals surface area (Å²) in [5, 5.41) is 19.1. The molecule has 0 radical (unpaired) electrons. The Hall–Kier alpha value is -1.02. The number of piperazine rings is 1. The van der Waals surface area contributed by atoms with Gasteiger partial charge in [0.2, 0.25) is 0 Å². The molecule has 2 heterocycles. The summed E-state index contributed by atoms with van der Waals surface area (Å²) in [6.45, 7) is 5.88. The van der Waals surface area contributed by atoms with E-state index in [-0.39, 0.29) is 6.61 Å². The van der Waals surface area contributed by atoms with Crippen molar-refractivity contribution in [3.63, 3.8) is 0 Å². The average Bonchev–Trinajstić information content (AvgIpc) is 2.84. The quantitative estimate of drug-likeness (QED) is 0.672. The Morgan fingerprint density at radius 3 is 2.83 bits per heavy atom. The molecule has 7 nitrogen and oxygen atoms in total. The van der Waals surface area contributed by atoms with Gasteiger partial charge in [-0.2, -0.15) is 0 Å². The summed E-state index contributed by atoms with van der Waals surface area (Å²) in [5.74, 6) is 0. The molecule has 0 amide bonds. The molecule has 1 aromatic heterocycles. The highest BCUT2D eigenvalue weighted by atomic mass is 16.3. The molecule has 2 rings (SSSR count). The van der Waals surface area contributed by atoms with Gasteiger partial charge in [0.25, 0.3) is 0 Å². The number of likely N-dealkylation sites (N-methyl/N-ethyl adjacent to an activating group) is 1. The lowest BCUT2D eigenvalue weighted by atomic mass is 10.4. The third-order valence-electron chi connectivity index (χ3n) is 3.12. The summed E-state index contributed by atoms with van der Waals surface area (Å²) in [7, 11) is 2.14. The maximum Gasteiger partial charge on any atom is 0.0979 e. The zero-order chi connectivity index (χ0) is 12.8. The summed E-state index contributed by atoms with van der Waals surface area (Å²) in [4.78, 5) is 2.32. The molecule has 7 heteroatoms. The lowest BCUT2D eigenvalue weighted by Gasteiger charge is -2.32. The first kappa shape index (κ1) is 13.4. The normalized spacial score (nSPS) is 18.3. The van der Waals surface area contributed by atoms with E-state index in [0.29, 0.717) is 13.0 Å². The molecule has 102 valence electrons. The number of nitrogens with one attached hydrogen (secondary N) is 1. The van der Waals surface area contributed by atoms with E-state index in [1.165, 1.54) is 0 Å². The molecule has 18 heavy (non-hydrogen) atoms. The van der Waals surface area contributed by atoms with Crippen LogP contribution in [0.25, 0.3) is 0 Å². The molecule has 1 saturated heterocycles. The minimum absolute atomic E-state index is 0.189. The van der Waals surface area contributed by atoms with Crippen LogP contribution >= 0.6 is 0 Å². The number of hydrogen-bond donors (Lipinski definition) is 2. The van der Waals surface area contributed by atoms with Gasteiger partial charge in [-0.25, -0.2) is 10.4 Å². The Morgan fingerprint density at radius 2 is 2.11 bits per heavy atom. The maximum absolute atomic E-state index is 8.74.